The highest BCUT2D eigenvalue weighted by Crippen LogP contribution is 2.20. The van der Waals surface area contributed by atoms with Crippen molar-refractivity contribution < 1.29 is 9.84 Å². The number of aliphatic hydroxyl groups excluding tert-OH is 1. The van der Waals surface area contributed by atoms with Crippen molar-refractivity contribution in [3.05, 3.63) is 16.1 Å². The third-order valence-electron chi connectivity index (χ3n) is 2.78. The van der Waals surface area contributed by atoms with Crippen molar-refractivity contribution in [1.29, 1.82) is 0 Å². The first-order valence-corrected chi connectivity index (χ1v) is 6.85. The van der Waals surface area contributed by atoms with Crippen molar-refractivity contribution >= 4 is 11.3 Å². The summed E-state index contributed by atoms with van der Waals surface area (Å²) in [7, 11) is 0. The van der Waals surface area contributed by atoms with E-state index in [2.05, 4.69) is 4.98 Å². The maximum Gasteiger partial charge on any atom is 0.0954 e. The quantitative estimate of drug-likeness (QED) is 0.878. The van der Waals surface area contributed by atoms with Crippen LogP contribution in [0.25, 0.3) is 0 Å². The van der Waals surface area contributed by atoms with Crippen LogP contribution in [0.4, 0.5) is 0 Å². The fraction of sp³-hybridized carbons (Fsp3) is 0.750. The number of hydrogen-bond donors (Lipinski definition) is 1. The molecule has 1 aromatic heterocycles. The molecule has 16 heavy (non-hydrogen) atoms. The van der Waals surface area contributed by atoms with E-state index >= 15 is 0 Å². The molecule has 0 saturated carbocycles. The van der Waals surface area contributed by atoms with Crippen molar-refractivity contribution in [3.63, 3.8) is 0 Å². The van der Waals surface area contributed by atoms with Gasteiger partial charge in [-0.2, -0.15) is 0 Å². The van der Waals surface area contributed by atoms with Crippen LogP contribution >= 0.6 is 11.3 Å². The summed E-state index contributed by atoms with van der Waals surface area (Å²) >= 11 is 1.68. The lowest BCUT2D eigenvalue weighted by molar-refractivity contribution is 0.0167. The first-order valence-electron chi connectivity index (χ1n) is 5.97. The molecule has 2 heterocycles. The molecule has 0 spiro atoms. The molecule has 0 radical (unpaired) electrons. The zero-order valence-corrected chi connectivity index (χ0v) is 10.5. The van der Waals surface area contributed by atoms with Gasteiger partial charge in [0.15, 0.2) is 0 Å². The number of ether oxygens (including phenoxy) is 1. The lowest BCUT2D eigenvalue weighted by Crippen LogP contribution is -2.21. The fourth-order valence-electron chi connectivity index (χ4n) is 2.00. The summed E-state index contributed by atoms with van der Waals surface area (Å²) < 4.78 is 5.69. The van der Waals surface area contributed by atoms with Gasteiger partial charge in [0.05, 0.1) is 22.9 Å². The van der Waals surface area contributed by atoms with Gasteiger partial charge in [-0.3, -0.25) is 0 Å². The predicted molar refractivity (Wildman–Crippen MR) is 64.8 cm³/mol. The minimum atomic E-state index is -0.305. The van der Waals surface area contributed by atoms with Crippen molar-refractivity contribution in [2.24, 2.45) is 0 Å². The van der Waals surface area contributed by atoms with E-state index in [1.807, 2.05) is 5.38 Å². The van der Waals surface area contributed by atoms with E-state index in [4.69, 9.17) is 4.74 Å². The van der Waals surface area contributed by atoms with Crippen LogP contribution in [0.15, 0.2) is 5.38 Å². The van der Waals surface area contributed by atoms with E-state index in [1.54, 1.807) is 18.3 Å². The van der Waals surface area contributed by atoms with Gasteiger partial charge in [-0.05, 0) is 26.2 Å². The van der Waals surface area contributed by atoms with Gasteiger partial charge in [0.1, 0.15) is 0 Å². The van der Waals surface area contributed by atoms with Crippen molar-refractivity contribution in [1.82, 2.24) is 4.98 Å². The lowest BCUT2D eigenvalue weighted by Gasteiger charge is -2.21. The Labute approximate surface area is 100 Å². The van der Waals surface area contributed by atoms with Crippen LogP contribution in [0.5, 0.6) is 0 Å². The highest BCUT2D eigenvalue weighted by atomic mass is 32.1. The molecule has 2 unspecified atom stereocenters. The molecular weight excluding hydrogens is 222 g/mol. The van der Waals surface area contributed by atoms with Gasteiger partial charge in [0.2, 0.25) is 0 Å². The molecule has 2 atom stereocenters. The molecule has 1 fully saturated rings. The number of rotatable bonds is 4. The van der Waals surface area contributed by atoms with E-state index in [0.29, 0.717) is 12.5 Å². The van der Waals surface area contributed by atoms with Crippen LogP contribution < -0.4 is 0 Å². The van der Waals surface area contributed by atoms with Crippen molar-refractivity contribution in [2.45, 2.75) is 51.2 Å². The van der Waals surface area contributed by atoms with Gasteiger partial charge < -0.3 is 9.84 Å². The van der Waals surface area contributed by atoms with E-state index < -0.39 is 0 Å². The van der Waals surface area contributed by atoms with E-state index in [0.717, 1.165) is 30.2 Å². The normalized spacial score (nSPS) is 23.2. The zero-order valence-electron chi connectivity index (χ0n) is 9.69. The van der Waals surface area contributed by atoms with E-state index in [9.17, 15) is 5.11 Å². The first kappa shape index (κ1) is 12.0. The molecular formula is C12H19NO2S. The summed E-state index contributed by atoms with van der Waals surface area (Å²) in [4.78, 5) is 4.52. The standard InChI is InChI=1S/C12H19NO2S/c1-9(14)6-10-8-16-12(13-10)7-11-4-2-3-5-15-11/h8-9,11,14H,2-7H2,1H3. The van der Waals surface area contributed by atoms with E-state index in [1.165, 1.54) is 12.8 Å². The Hall–Kier alpha value is -0.450. The number of nitrogens with zero attached hydrogens (tertiary/aromatic N) is 1. The molecule has 1 aliphatic rings. The number of aromatic nitrogens is 1. The van der Waals surface area contributed by atoms with Gasteiger partial charge in [-0.1, -0.05) is 0 Å². The van der Waals surface area contributed by atoms with Gasteiger partial charge in [-0.25, -0.2) is 4.98 Å². The highest BCUT2D eigenvalue weighted by Gasteiger charge is 2.16. The molecule has 0 amide bonds. The minimum absolute atomic E-state index is 0.305. The average molecular weight is 241 g/mol. The zero-order chi connectivity index (χ0) is 11.4. The smallest absolute Gasteiger partial charge is 0.0954 e. The third-order valence-corrected chi connectivity index (χ3v) is 3.70. The van der Waals surface area contributed by atoms with Gasteiger partial charge in [0.25, 0.3) is 0 Å². The first-order chi connectivity index (χ1) is 7.74. The Morgan fingerprint density at radius 1 is 1.62 bits per heavy atom. The third kappa shape index (κ3) is 3.54. The summed E-state index contributed by atoms with van der Waals surface area (Å²) in [5.74, 6) is 0. The maximum atomic E-state index is 9.28. The fourth-order valence-corrected chi connectivity index (χ4v) is 2.88. The topological polar surface area (TPSA) is 42.4 Å². The number of hydrogen-bond acceptors (Lipinski definition) is 4. The average Bonchev–Trinajstić information content (AvgIpc) is 2.66. The molecule has 3 nitrogen and oxygen atoms in total. The maximum absolute atomic E-state index is 9.28. The van der Waals surface area contributed by atoms with Crippen LogP contribution in [0.2, 0.25) is 0 Å². The molecule has 4 heteroatoms. The van der Waals surface area contributed by atoms with Gasteiger partial charge >= 0.3 is 0 Å². The highest BCUT2D eigenvalue weighted by molar-refractivity contribution is 7.09. The summed E-state index contributed by atoms with van der Waals surface area (Å²) in [6.45, 7) is 2.69. The number of thiazole rings is 1. The Morgan fingerprint density at radius 3 is 3.19 bits per heavy atom. The van der Waals surface area contributed by atoms with Crippen LogP contribution in [0.3, 0.4) is 0 Å². The Kier molecular flexibility index (Phi) is 4.32. The summed E-state index contributed by atoms with van der Waals surface area (Å²) in [5.41, 5.74) is 1.01. The predicted octanol–water partition coefficient (Wildman–Crippen LogP) is 2.18. The molecule has 0 bridgehead atoms. The van der Waals surface area contributed by atoms with Crippen LogP contribution in [-0.4, -0.2) is 28.9 Å². The van der Waals surface area contributed by atoms with Crippen LogP contribution in [0, 0.1) is 0 Å². The summed E-state index contributed by atoms with van der Waals surface area (Å²) in [5, 5.41) is 12.5. The minimum Gasteiger partial charge on any atom is -0.393 e. The molecule has 1 saturated heterocycles. The largest absolute Gasteiger partial charge is 0.393 e. The molecule has 1 aromatic rings. The molecule has 2 rings (SSSR count). The van der Waals surface area contributed by atoms with Gasteiger partial charge in [0, 0.05) is 24.8 Å². The molecule has 0 aromatic carbocycles. The second-order valence-corrected chi connectivity index (χ2v) is 5.42. The van der Waals surface area contributed by atoms with Crippen molar-refractivity contribution in [2.75, 3.05) is 6.61 Å². The van der Waals surface area contributed by atoms with Crippen LogP contribution in [-0.2, 0) is 17.6 Å². The van der Waals surface area contributed by atoms with Crippen LogP contribution in [0.1, 0.15) is 36.9 Å². The molecule has 0 aliphatic carbocycles. The SMILES string of the molecule is CC(O)Cc1csc(CC2CCCCO2)n1. The summed E-state index contributed by atoms with van der Waals surface area (Å²) in [6, 6.07) is 0. The molecule has 1 N–H and O–H groups in total. The Balaban J connectivity index is 1.86. The Morgan fingerprint density at radius 2 is 2.50 bits per heavy atom. The monoisotopic (exact) mass is 241 g/mol. The second-order valence-electron chi connectivity index (χ2n) is 4.48. The molecule has 90 valence electrons. The second kappa shape index (κ2) is 5.75. The van der Waals surface area contributed by atoms with Gasteiger partial charge in [-0.15, -0.1) is 11.3 Å². The number of aliphatic hydroxyl groups is 1. The summed E-state index contributed by atoms with van der Waals surface area (Å²) in [6.07, 6.45) is 5.27. The Bertz CT molecular complexity index is 319. The lowest BCUT2D eigenvalue weighted by atomic mass is 10.1. The van der Waals surface area contributed by atoms with E-state index in [-0.39, 0.29) is 6.10 Å². The molecule has 1 aliphatic heterocycles. The van der Waals surface area contributed by atoms with Crippen molar-refractivity contribution in [3.8, 4) is 0 Å².